The molecule has 0 aromatic heterocycles. The summed E-state index contributed by atoms with van der Waals surface area (Å²) in [5.74, 6) is -0.546. The second kappa shape index (κ2) is 6.77. The van der Waals surface area contributed by atoms with Gasteiger partial charge in [-0.25, -0.2) is 0 Å². The highest BCUT2D eigenvalue weighted by atomic mass is 16.5. The number of carbonyl (C=O) groups excluding carboxylic acids is 2. The fourth-order valence-electron chi connectivity index (χ4n) is 3.55. The number of aliphatic hydroxyl groups is 1. The lowest BCUT2D eigenvalue weighted by molar-refractivity contribution is -0.158. The Morgan fingerprint density at radius 1 is 1.29 bits per heavy atom. The average Bonchev–Trinajstić information content (AvgIpc) is 2.40. The van der Waals surface area contributed by atoms with Crippen molar-refractivity contribution >= 4 is 11.9 Å². The molecule has 3 atom stereocenters. The van der Waals surface area contributed by atoms with Crippen LogP contribution < -0.4 is 0 Å². The third-order valence-electron chi connectivity index (χ3n) is 5.17. The molecule has 21 heavy (non-hydrogen) atoms. The Balaban J connectivity index is 2.91. The lowest BCUT2D eigenvalue weighted by Crippen LogP contribution is -2.52. The summed E-state index contributed by atoms with van der Waals surface area (Å²) in [6, 6.07) is 0. The van der Waals surface area contributed by atoms with Gasteiger partial charge < -0.3 is 14.6 Å². The summed E-state index contributed by atoms with van der Waals surface area (Å²) in [5.41, 5.74) is -0.523. The van der Waals surface area contributed by atoms with Gasteiger partial charge in [0.05, 0.1) is 19.8 Å². The minimum absolute atomic E-state index is 0.00214. The second-order valence-electron chi connectivity index (χ2n) is 6.96. The molecule has 122 valence electrons. The third kappa shape index (κ3) is 4.19. The molecule has 1 fully saturated rings. The van der Waals surface area contributed by atoms with Gasteiger partial charge in [0, 0.05) is 19.3 Å². The molecule has 0 heterocycles. The Morgan fingerprint density at radius 3 is 2.43 bits per heavy atom. The van der Waals surface area contributed by atoms with E-state index in [-0.39, 0.29) is 35.3 Å². The number of methoxy groups -OCH3 is 1. The van der Waals surface area contributed by atoms with E-state index in [0.29, 0.717) is 19.3 Å². The van der Waals surface area contributed by atoms with Crippen molar-refractivity contribution in [3.8, 4) is 0 Å². The summed E-state index contributed by atoms with van der Waals surface area (Å²) in [6.45, 7) is 7.77. The van der Waals surface area contributed by atoms with Gasteiger partial charge in [0.25, 0.3) is 0 Å². The summed E-state index contributed by atoms with van der Waals surface area (Å²) in [7, 11) is 1.38. The van der Waals surface area contributed by atoms with Crippen LogP contribution in [0.3, 0.4) is 0 Å². The van der Waals surface area contributed by atoms with Crippen molar-refractivity contribution in [2.75, 3.05) is 13.7 Å². The predicted octanol–water partition coefficient (Wildman–Crippen LogP) is 2.31. The number of carbonyl (C=O) groups is 2. The van der Waals surface area contributed by atoms with Crippen molar-refractivity contribution < 1.29 is 24.2 Å². The van der Waals surface area contributed by atoms with Crippen molar-refractivity contribution in [1.82, 2.24) is 0 Å². The number of ether oxygens (including phenoxy) is 2. The van der Waals surface area contributed by atoms with Crippen molar-refractivity contribution in [2.24, 2.45) is 16.7 Å². The molecule has 1 aliphatic rings. The summed E-state index contributed by atoms with van der Waals surface area (Å²) < 4.78 is 9.95. The monoisotopic (exact) mass is 300 g/mol. The fraction of sp³-hybridized carbons (Fsp3) is 0.875. The number of hydrogen-bond donors (Lipinski definition) is 1. The molecule has 0 saturated heterocycles. The maximum absolute atomic E-state index is 11.4. The van der Waals surface area contributed by atoms with Gasteiger partial charge in [-0.2, -0.15) is 0 Å². The topological polar surface area (TPSA) is 72.8 Å². The first kappa shape index (κ1) is 18.0. The Hall–Kier alpha value is -1.10. The number of esters is 2. The molecule has 1 aliphatic carbocycles. The Bertz CT molecular complexity index is 390. The zero-order valence-electron chi connectivity index (χ0n) is 13.8. The van der Waals surface area contributed by atoms with E-state index in [4.69, 9.17) is 9.47 Å². The molecule has 5 nitrogen and oxygen atoms in total. The van der Waals surface area contributed by atoms with Crippen LogP contribution in [0.15, 0.2) is 0 Å². The van der Waals surface area contributed by atoms with E-state index in [2.05, 4.69) is 6.92 Å². The Kier molecular flexibility index (Phi) is 5.79. The maximum atomic E-state index is 11.4. The van der Waals surface area contributed by atoms with E-state index >= 15 is 0 Å². The largest absolute Gasteiger partial charge is 0.469 e. The van der Waals surface area contributed by atoms with Crippen LogP contribution in [0, 0.1) is 16.7 Å². The Labute approximate surface area is 127 Å². The van der Waals surface area contributed by atoms with Crippen LogP contribution in [0.1, 0.15) is 53.4 Å². The third-order valence-corrected chi connectivity index (χ3v) is 5.17. The first-order chi connectivity index (χ1) is 9.63. The van der Waals surface area contributed by atoms with Crippen LogP contribution in [0.25, 0.3) is 0 Å². The summed E-state index contributed by atoms with van der Waals surface area (Å²) >= 11 is 0. The van der Waals surface area contributed by atoms with Gasteiger partial charge in [0.2, 0.25) is 0 Å². The van der Waals surface area contributed by atoms with Crippen LogP contribution in [0.5, 0.6) is 0 Å². The van der Waals surface area contributed by atoms with Crippen molar-refractivity contribution in [3.63, 3.8) is 0 Å². The van der Waals surface area contributed by atoms with Gasteiger partial charge in [0.15, 0.2) is 0 Å². The zero-order valence-corrected chi connectivity index (χ0v) is 13.8. The van der Waals surface area contributed by atoms with Crippen LogP contribution in [0.2, 0.25) is 0 Å². The first-order valence-electron chi connectivity index (χ1n) is 7.51. The van der Waals surface area contributed by atoms with Gasteiger partial charge in [-0.1, -0.05) is 20.8 Å². The van der Waals surface area contributed by atoms with Gasteiger partial charge in [-0.15, -0.1) is 0 Å². The molecule has 0 aromatic rings. The van der Waals surface area contributed by atoms with Crippen LogP contribution in [0.4, 0.5) is 0 Å². The zero-order chi connectivity index (χ0) is 16.3. The van der Waals surface area contributed by atoms with Crippen LogP contribution in [-0.2, 0) is 19.1 Å². The molecule has 0 radical (unpaired) electrons. The number of hydrogen-bond acceptors (Lipinski definition) is 5. The van der Waals surface area contributed by atoms with E-state index in [0.717, 1.165) is 6.42 Å². The molecule has 0 spiro atoms. The highest BCUT2D eigenvalue weighted by molar-refractivity contribution is 5.69. The normalized spacial score (nSPS) is 31.5. The molecule has 0 aliphatic heterocycles. The number of aliphatic hydroxyl groups excluding tert-OH is 1. The van der Waals surface area contributed by atoms with Crippen molar-refractivity contribution in [2.45, 2.75) is 59.5 Å². The molecule has 0 bridgehead atoms. The predicted molar refractivity (Wildman–Crippen MR) is 78.5 cm³/mol. The van der Waals surface area contributed by atoms with E-state index in [1.54, 1.807) is 0 Å². The molecule has 5 heteroatoms. The molecule has 0 amide bonds. The highest BCUT2D eigenvalue weighted by Gasteiger charge is 2.51. The SMILES string of the molecule is COC(=O)CC[C@]1(C)CC[C@H](O)C(C)(C)[C@H]1COC(C)=O. The Morgan fingerprint density at radius 2 is 1.90 bits per heavy atom. The van der Waals surface area contributed by atoms with Crippen LogP contribution in [-0.4, -0.2) is 36.9 Å². The maximum Gasteiger partial charge on any atom is 0.305 e. The second-order valence-corrected chi connectivity index (χ2v) is 6.96. The molecule has 0 unspecified atom stereocenters. The quantitative estimate of drug-likeness (QED) is 0.789. The standard InChI is InChI=1S/C16H28O5/c1-11(17)21-10-12-15(2,3)13(18)6-8-16(12,4)9-7-14(19)20-5/h12-13,18H,6-10H2,1-5H3/t12-,13+,16+/m1/s1. The molecule has 1 saturated carbocycles. The smallest absolute Gasteiger partial charge is 0.305 e. The minimum atomic E-state index is -0.427. The molecule has 1 rings (SSSR count). The fourth-order valence-corrected chi connectivity index (χ4v) is 3.55. The van der Waals surface area contributed by atoms with E-state index in [9.17, 15) is 14.7 Å². The van der Waals surface area contributed by atoms with E-state index < -0.39 is 6.10 Å². The van der Waals surface area contributed by atoms with E-state index in [1.165, 1.54) is 14.0 Å². The summed E-state index contributed by atoms with van der Waals surface area (Å²) in [6.07, 6.45) is 2.09. The number of rotatable bonds is 5. The average molecular weight is 300 g/mol. The lowest BCUT2D eigenvalue weighted by Gasteiger charge is -2.53. The van der Waals surface area contributed by atoms with Gasteiger partial charge in [0.1, 0.15) is 0 Å². The van der Waals surface area contributed by atoms with E-state index in [1.807, 2.05) is 13.8 Å². The molecular weight excluding hydrogens is 272 g/mol. The van der Waals surface area contributed by atoms with Gasteiger partial charge in [-0.05, 0) is 30.1 Å². The molecular formula is C16H28O5. The lowest BCUT2D eigenvalue weighted by atomic mass is 9.54. The van der Waals surface area contributed by atoms with Crippen molar-refractivity contribution in [1.29, 1.82) is 0 Å². The first-order valence-corrected chi connectivity index (χ1v) is 7.51. The van der Waals surface area contributed by atoms with Gasteiger partial charge >= 0.3 is 11.9 Å². The minimum Gasteiger partial charge on any atom is -0.469 e. The van der Waals surface area contributed by atoms with Gasteiger partial charge in [-0.3, -0.25) is 9.59 Å². The van der Waals surface area contributed by atoms with Crippen LogP contribution >= 0.6 is 0 Å². The summed E-state index contributed by atoms with van der Waals surface area (Å²) in [5, 5.41) is 10.3. The summed E-state index contributed by atoms with van der Waals surface area (Å²) in [4.78, 5) is 22.6. The van der Waals surface area contributed by atoms with Crippen molar-refractivity contribution in [3.05, 3.63) is 0 Å². The highest BCUT2D eigenvalue weighted by Crippen LogP contribution is 2.53. The molecule has 0 aromatic carbocycles. The molecule has 1 N–H and O–H groups in total.